The zero-order chi connectivity index (χ0) is 15.1. The summed E-state index contributed by atoms with van der Waals surface area (Å²) in [5.74, 6) is 0.336. The monoisotopic (exact) mass is 286 g/mol. The quantitative estimate of drug-likeness (QED) is 0.842. The summed E-state index contributed by atoms with van der Waals surface area (Å²) in [6, 6.07) is 14.2. The van der Waals surface area contributed by atoms with Gasteiger partial charge in [-0.1, -0.05) is 37.3 Å². The topological polar surface area (TPSA) is 55.8 Å². The molecule has 0 heterocycles. The van der Waals surface area contributed by atoms with Crippen molar-refractivity contribution in [3.8, 4) is 11.5 Å². The summed E-state index contributed by atoms with van der Waals surface area (Å²) < 4.78 is 11.3. The lowest BCUT2D eigenvalue weighted by molar-refractivity contribution is 0.0694. The summed E-state index contributed by atoms with van der Waals surface area (Å²) in [5, 5.41) is 9.15. The van der Waals surface area contributed by atoms with Crippen LogP contribution in [0.3, 0.4) is 0 Å². The number of hydrogen-bond acceptors (Lipinski definition) is 3. The van der Waals surface area contributed by atoms with E-state index in [1.807, 2.05) is 31.2 Å². The van der Waals surface area contributed by atoms with Gasteiger partial charge in [0.2, 0.25) is 0 Å². The lowest BCUT2D eigenvalue weighted by Crippen LogP contribution is -2.06. The summed E-state index contributed by atoms with van der Waals surface area (Å²) in [6.45, 7) is 2.84. The molecule has 4 heteroatoms. The van der Waals surface area contributed by atoms with Crippen molar-refractivity contribution in [2.24, 2.45) is 0 Å². The van der Waals surface area contributed by atoms with E-state index in [0.29, 0.717) is 23.7 Å². The Kier molecular flexibility index (Phi) is 5.21. The maximum Gasteiger partial charge on any atom is 0.336 e. The van der Waals surface area contributed by atoms with Crippen LogP contribution < -0.4 is 9.47 Å². The third-order valence-corrected chi connectivity index (χ3v) is 2.94. The molecule has 110 valence electrons. The van der Waals surface area contributed by atoms with Crippen molar-refractivity contribution in [2.75, 3.05) is 6.61 Å². The molecule has 0 aliphatic heterocycles. The molecule has 0 spiro atoms. The number of carbonyl (C=O) groups is 1. The Bertz CT molecular complexity index is 607. The van der Waals surface area contributed by atoms with Crippen LogP contribution in [0, 0.1) is 0 Å². The van der Waals surface area contributed by atoms with Crippen LogP contribution in [0.15, 0.2) is 48.5 Å². The van der Waals surface area contributed by atoms with Gasteiger partial charge in [-0.05, 0) is 24.6 Å². The summed E-state index contributed by atoms with van der Waals surface area (Å²) in [4.78, 5) is 11.2. The van der Waals surface area contributed by atoms with E-state index in [1.54, 1.807) is 24.3 Å². The fraction of sp³-hybridized carbons (Fsp3) is 0.235. The number of benzene rings is 2. The lowest BCUT2D eigenvalue weighted by Gasteiger charge is -2.13. The molecule has 0 aromatic heterocycles. The van der Waals surface area contributed by atoms with Gasteiger partial charge in [-0.2, -0.15) is 0 Å². The van der Waals surface area contributed by atoms with E-state index < -0.39 is 5.97 Å². The van der Waals surface area contributed by atoms with Gasteiger partial charge in [-0.25, -0.2) is 4.79 Å². The fourth-order valence-electron chi connectivity index (χ4n) is 1.91. The maximum atomic E-state index is 11.2. The third kappa shape index (κ3) is 3.99. The zero-order valence-electron chi connectivity index (χ0n) is 11.9. The van der Waals surface area contributed by atoms with Gasteiger partial charge in [0, 0.05) is 5.56 Å². The van der Waals surface area contributed by atoms with Crippen LogP contribution in [0.5, 0.6) is 11.5 Å². The maximum absolute atomic E-state index is 11.2. The predicted octanol–water partition coefficient (Wildman–Crippen LogP) is 3.75. The molecule has 2 aromatic rings. The molecule has 0 bridgehead atoms. The van der Waals surface area contributed by atoms with Crippen molar-refractivity contribution in [1.82, 2.24) is 0 Å². The lowest BCUT2D eigenvalue weighted by atomic mass is 10.1. The highest BCUT2D eigenvalue weighted by atomic mass is 16.5. The van der Waals surface area contributed by atoms with Crippen molar-refractivity contribution in [3.05, 3.63) is 59.7 Å². The van der Waals surface area contributed by atoms with Crippen molar-refractivity contribution < 1.29 is 19.4 Å². The first-order chi connectivity index (χ1) is 10.2. The van der Waals surface area contributed by atoms with E-state index >= 15 is 0 Å². The van der Waals surface area contributed by atoms with Crippen molar-refractivity contribution in [1.29, 1.82) is 0 Å². The van der Waals surface area contributed by atoms with Gasteiger partial charge in [0.05, 0.1) is 12.2 Å². The molecule has 21 heavy (non-hydrogen) atoms. The number of aromatic carboxylic acids is 1. The SMILES string of the molecule is CCCOc1ccccc1OCc1ccccc1C(=O)O. The average molecular weight is 286 g/mol. The van der Waals surface area contributed by atoms with Gasteiger partial charge in [-0.3, -0.25) is 0 Å². The third-order valence-electron chi connectivity index (χ3n) is 2.94. The van der Waals surface area contributed by atoms with Crippen molar-refractivity contribution in [3.63, 3.8) is 0 Å². The van der Waals surface area contributed by atoms with E-state index in [1.165, 1.54) is 0 Å². The van der Waals surface area contributed by atoms with Crippen LogP contribution in [0.25, 0.3) is 0 Å². The van der Waals surface area contributed by atoms with Gasteiger partial charge >= 0.3 is 5.97 Å². The Morgan fingerprint density at radius 1 is 1.00 bits per heavy atom. The molecular weight excluding hydrogens is 268 g/mol. The number of carboxylic acid groups (broad SMARTS) is 1. The van der Waals surface area contributed by atoms with Gasteiger partial charge < -0.3 is 14.6 Å². The molecule has 1 N–H and O–H groups in total. The number of hydrogen-bond donors (Lipinski definition) is 1. The Morgan fingerprint density at radius 2 is 1.62 bits per heavy atom. The molecule has 0 radical (unpaired) electrons. The molecule has 0 fully saturated rings. The van der Waals surface area contributed by atoms with Crippen LogP contribution in [-0.4, -0.2) is 17.7 Å². The van der Waals surface area contributed by atoms with Gasteiger partial charge in [0.1, 0.15) is 6.61 Å². The van der Waals surface area contributed by atoms with Crippen LogP contribution in [0.4, 0.5) is 0 Å². The van der Waals surface area contributed by atoms with E-state index in [0.717, 1.165) is 6.42 Å². The minimum atomic E-state index is -0.954. The normalized spacial score (nSPS) is 10.1. The second-order valence-corrected chi connectivity index (χ2v) is 4.55. The molecular formula is C17H18O4. The van der Waals surface area contributed by atoms with Crippen molar-refractivity contribution in [2.45, 2.75) is 20.0 Å². The first-order valence-electron chi connectivity index (χ1n) is 6.88. The summed E-state index contributed by atoms with van der Waals surface area (Å²) in [5.41, 5.74) is 0.889. The minimum Gasteiger partial charge on any atom is -0.490 e. The van der Waals surface area contributed by atoms with Crippen LogP contribution >= 0.6 is 0 Å². The highest BCUT2D eigenvalue weighted by molar-refractivity contribution is 5.89. The van der Waals surface area contributed by atoms with E-state index in [9.17, 15) is 4.79 Å². The van der Waals surface area contributed by atoms with E-state index in [2.05, 4.69) is 0 Å². The molecule has 0 saturated carbocycles. The van der Waals surface area contributed by atoms with Crippen molar-refractivity contribution >= 4 is 5.97 Å². The Morgan fingerprint density at radius 3 is 2.29 bits per heavy atom. The standard InChI is InChI=1S/C17H18O4/c1-2-11-20-15-9-5-6-10-16(15)21-12-13-7-3-4-8-14(13)17(18)19/h3-10H,2,11-12H2,1H3,(H,18,19). The van der Waals surface area contributed by atoms with Crippen LogP contribution in [-0.2, 0) is 6.61 Å². The minimum absolute atomic E-state index is 0.189. The van der Waals surface area contributed by atoms with Gasteiger partial charge in [-0.15, -0.1) is 0 Å². The van der Waals surface area contributed by atoms with Gasteiger partial charge in [0.15, 0.2) is 11.5 Å². The van der Waals surface area contributed by atoms with E-state index in [-0.39, 0.29) is 12.2 Å². The summed E-state index contributed by atoms with van der Waals surface area (Å²) >= 11 is 0. The molecule has 2 aromatic carbocycles. The fourth-order valence-corrected chi connectivity index (χ4v) is 1.91. The summed E-state index contributed by atoms with van der Waals surface area (Å²) in [7, 11) is 0. The molecule has 0 aliphatic rings. The first-order valence-corrected chi connectivity index (χ1v) is 6.88. The highest BCUT2D eigenvalue weighted by Gasteiger charge is 2.10. The number of ether oxygens (including phenoxy) is 2. The molecule has 0 amide bonds. The summed E-state index contributed by atoms with van der Waals surface area (Å²) in [6.07, 6.45) is 0.913. The second kappa shape index (κ2) is 7.33. The molecule has 0 unspecified atom stereocenters. The average Bonchev–Trinajstić information content (AvgIpc) is 2.52. The molecule has 2 rings (SSSR count). The van der Waals surface area contributed by atoms with E-state index in [4.69, 9.17) is 14.6 Å². The largest absolute Gasteiger partial charge is 0.490 e. The smallest absolute Gasteiger partial charge is 0.336 e. The number of carboxylic acids is 1. The molecule has 0 aliphatic carbocycles. The molecule has 0 atom stereocenters. The predicted molar refractivity (Wildman–Crippen MR) is 80.0 cm³/mol. The highest BCUT2D eigenvalue weighted by Crippen LogP contribution is 2.27. The Balaban J connectivity index is 2.12. The Hall–Kier alpha value is -2.49. The zero-order valence-corrected chi connectivity index (χ0v) is 11.9. The molecule has 4 nitrogen and oxygen atoms in total. The first kappa shape index (κ1) is 14.9. The number of para-hydroxylation sites is 2. The number of rotatable bonds is 7. The molecule has 0 saturated heterocycles. The Labute approximate surface area is 123 Å². The van der Waals surface area contributed by atoms with Crippen LogP contribution in [0.2, 0.25) is 0 Å². The van der Waals surface area contributed by atoms with Crippen LogP contribution in [0.1, 0.15) is 29.3 Å². The second-order valence-electron chi connectivity index (χ2n) is 4.55. The van der Waals surface area contributed by atoms with Gasteiger partial charge in [0.25, 0.3) is 0 Å².